The van der Waals surface area contributed by atoms with E-state index in [1.54, 1.807) is 0 Å². The first-order chi connectivity index (χ1) is 8.03. The van der Waals surface area contributed by atoms with Crippen molar-refractivity contribution in [2.75, 3.05) is 12.3 Å². The maximum absolute atomic E-state index is 13.4. The Labute approximate surface area is 105 Å². The van der Waals surface area contributed by atoms with Crippen LogP contribution in [-0.4, -0.2) is 15.0 Å². The summed E-state index contributed by atoms with van der Waals surface area (Å²) in [6, 6.07) is 1.63. The fourth-order valence-corrected chi connectivity index (χ4v) is 2.57. The van der Waals surface area contributed by atoms with Crippen molar-refractivity contribution >= 4 is 15.7 Å². The molecular weight excluding hydrogens is 262 g/mol. The van der Waals surface area contributed by atoms with Crippen LogP contribution in [0.5, 0.6) is 0 Å². The van der Waals surface area contributed by atoms with Crippen LogP contribution in [-0.2, 0) is 10.0 Å². The molecule has 0 aliphatic heterocycles. The first kappa shape index (κ1) is 14.8. The van der Waals surface area contributed by atoms with Crippen molar-refractivity contribution < 1.29 is 17.2 Å². The van der Waals surface area contributed by atoms with Gasteiger partial charge in [0.25, 0.3) is 0 Å². The number of nitrogens with two attached hydrogens (primary N) is 1. The molecule has 0 saturated carbocycles. The smallest absolute Gasteiger partial charge is 0.243 e. The molecule has 0 unspecified atom stereocenters. The summed E-state index contributed by atoms with van der Waals surface area (Å²) in [4.78, 5) is -0.774. The predicted octanol–water partition coefficient (Wildman–Crippen LogP) is 1.87. The molecule has 102 valence electrons. The van der Waals surface area contributed by atoms with Gasteiger partial charge in [0.1, 0.15) is 4.90 Å². The van der Waals surface area contributed by atoms with Crippen molar-refractivity contribution in [2.45, 2.75) is 25.7 Å². The normalized spacial score (nSPS) is 12.7. The van der Waals surface area contributed by atoms with E-state index in [0.29, 0.717) is 0 Å². The molecule has 0 bridgehead atoms. The molecule has 7 heteroatoms. The molecule has 0 aliphatic carbocycles. The van der Waals surface area contributed by atoms with E-state index in [2.05, 4.69) is 4.72 Å². The van der Waals surface area contributed by atoms with Gasteiger partial charge < -0.3 is 5.73 Å². The Balaban J connectivity index is 3.13. The third-order valence-corrected chi connectivity index (χ3v) is 3.50. The molecule has 0 fully saturated rings. The van der Waals surface area contributed by atoms with Gasteiger partial charge in [-0.1, -0.05) is 20.8 Å². The van der Waals surface area contributed by atoms with Crippen molar-refractivity contribution in [1.29, 1.82) is 0 Å². The van der Waals surface area contributed by atoms with E-state index in [1.807, 2.05) is 20.8 Å². The van der Waals surface area contributed by atoms with Gasteiger partial charge in [0, 0.05) is 12.2 Å². The van der Waals surface area contributed by atoms with Crippen LogP contribution in [0.3, 0.4) is 0 Å². The van der Waals surface area contributed by atoms with E-state index >= 15 is 0 Å². The van der Waals surface area contributed by atoms with Crippen molar-refractivity contribution in [1.82, 2.24) is 4.72 Å². The molecule has 1 rings (SSSR count). The van der Waals surface area contributed by atoms with Crippen molar-refractivity contribution in [2.24, 2.45) is 5.41 Å². The van der Waals surface area contributed by atoms with E-state index < -0.39 is 26.6 Å². The molecule has 0 spiro atoms. The van der Waals surface area contributed by atoms with Crippen molar-refractivity contribution in [3.05, 3.63) is 23.8 Å². The van der Waals surface area contributed by atoms with Crippen LogP contribution >= 0.6 is 0 Å². The van der Waals surface area contributed by atoms with Crippen LogP contribution in [0.4, 0.5) is 14.5 Å². The van der Waals surface area contributed by atoms with E-state index in [1.165, 1.54) is 0 Å². The Morgan fingerprint density at radius 1 is 1.28 bits per heavy atom. The first-order valence-corrected chi connectivity index (χ1v) is 6.75. The Kier molecular flexibility index (Phi) is 3.97. The molecule has 0 heterocycles. The van der Waals surface area contributed by atoms with E-state index in [0.717, 1.165) is 12.1 Å². The zero-order valence-electron chi connectivity index (χ0n) is 10.4. The Morgan fingerprint density at radius 2 is 1.83 bits per heavy atom. The Bertz CT molecular complexity index is 551. The minimum Gasteiger partial charge on any atom is -0.399 e. The number of anilines is 1. The Morgan fingerprint density at radius 3 is 2.33 bits per heavy atom. The summed E-state index contributed by atoms with van der Waals surface area (Å²) >= 11 is 0. The summed E-state index contributed by atoms with van der Waals surface area (Å²) in [5.74, 6) is -2.71. The van der Waals surface area contributed by atoms with Crippen LogP contribution in [0.25, 0.3) is 0 Å². The maximum atomic E-state index is 13.4. The standard InChI is InChI=1S/C11H16F2N2O2S/c1-11(2,3)6-15-18(16,17)9-5-7(14)4-8(12)10(9)13/h4-5,15H,6,14H2,1-3H3. The van der Waals surface area contributed by atoms with Gasteiger partial charge in [-0.2, -0.15) is 0 Å². The van der Waals surface area contributed by atoms with Crippen molar-refractivity contribution in [3.8, 4) is 0 Å². The molecule has 0 amide bonds. The molecule has 0 atom stereocenters. The zero-order valence-corrected chi connectivity index (χ0v) is 11.2. The fourth-order valence-electron chi connectivity index (χ4n) is 1.17. The summed E-state index contributed by atoms with van der Waals surface area (Å²) in [5, 5.41) is 0. The van der Waals surface area contributed by atoms with Crippen LogP contribution < -0.4 is 10.5 Å². The lowest BCUT2D eigenvalue weighted by atomic mass is 9.98. The third-order valence-electron chi connectivity index (χ3n) is 2.10. The quantitative estimate of drug-likeness (QED) is 0.829. The molecular formula is C11H16F2N2O2S. The van der Waals surface area contributed by atoms with E-state index in [4.69, 9.17) is 5.73 Å². The number of rotatable bonds is 3. The van der Waals surface area contributed by atoms with Crippen LogP contribution in [0, 0.1) is 17.0 Å². The van der Waals surface area contributed by atoms with Gasteiger partial charge in [0.2, 0.25) is 10.0 Å². The molecule has 1 aromatic carbocycles. The minimum absolute atomic E-state index is 0.102. The lowest BCUT2D eigenvalue weighted by molar-refractivity contribution is 0.406. The van der Waals surface area contributed by atoms with Gasteiger partial charge in [-0.3, -0.25) is 0 Å². The summed E-state index contributed by atoms with van der Waals surface area (Å²) in [5.41, 5.74) is 4.84. The molecule has 0 aliphatic rings. The molecule has 0 saturated heterocycles. The summed E-state index contributed by atoms with van der Waals surface area (Å²) in [7, 11) is -4.11. The summed E-state index contributed by atoms with van der Waals surface area (Å²) < 4.78 is 52.4. The molecule has 18 heavy (non-hydrogen) atoms. The highest BCUT2D eigenvalue weighted by Crippen LogP contribution is 2.21. The molecule has 1 aromatic rings. The van der Waals surface area contributed by atoms with E-state index in [-0.39, 0.29) is 17.6 Å². The van der Waals surface area contributed by atoms with Crippen LogP contribution in [0.2, 0.25) is 0 Å². The zero-order chi connectivity index (χ0) is 14.1. The van der Waals surface area contributed by atoms with Gasteiger partial charge >= 0.3 is 0 Å². The monoisotopic (exact) mass is 278 g/mol. The number of nitrogens with one attached hydrogen (secondary N) is 1. The topological polar surface area (TPSA) is 72.2 Å². The average Bonchev–Trinajstić information content (AvgIpc) is 2.19. The average molecular weight is 278 g/mol. The first-order valence-electron chi connectivity index (χ1n) is 5.27. The van der Waals surface area contributed by atoms with Gasteiger partial charge in [0.05, 0.1) is 0 Å². The number of benzene rings is 1. The van der Waals surface area contributed by atoms with Gasteiger partial charge in [-0.15, -0.1) is 0 Å². The SMILES string of the molecule is CC(C)(C)CNS(=O)(=O)c1cc(N)cc(F)c1F. The minimum atomic E-state index is -4.11. The lowest BCUT2D eigenvalue weighted by Gasteiger charge is -2.19. The number of nitrogen functional groups attached to an aromatic ring is 1. The molecule has 0 radical (unpaired) electrons. The third kappa shape index (κ3) is 3.64. The Hall–Kier alpha value is -1.21. The highest BCUT2D eigenvalue weighted by Gasteiger charge is 2.24. The number of hydrogen-bond acceptors (Lipinski definition) is 3. The second kappa shape index (κ2) is 4.81. The summed E-state index contributed by atoms with van der Waals surface area (Å²) in [6.07, 6.45) is 0. The second-order valence-corrected chi connectivity index (χ2v) is 6.94. The van der Waals surface area contributed by atoms with Gasteiger partial charge in [0.15, 0.2) is 11.6 Å². The summed E-state index contributed by atoms with van der Waals surface area (Å²) in [6.45, 7) is 5.54. The van der Waals surface area contributed by atoms with Crippen LogP contribution in [0.15, 0.2) is 17.0 Å². The van der Waals surface area contributed by atoms with Gasteiger partial charge in [-0.25, -0.2) is 21.9 Å². The molecule has 3 N–H and O–H groups in total. The van der Waals surface area contributed by atoms with Crippen molar-refractivity contribution in [3.63, 3.8) is 0 Å². The highest BCUT2D eigenvalue weighted by molar-refractivity contribution is 7.89. The highest BCUT2D eigenvalue weighted by atomic mass is 32.2. The predicted molar refractivity (Wildman–Crippen MR) is 65.4 cm³/mol. The largest absolute Gasteiger partial charge is 0.399 e. The second-order valence-electron chi connectivity index (χ2n) is 5.20. The van der Waals surface area contributed by atoms with E-state index in [9.17, 15) is 17.2 Å². The van der Waals surface area contributed by atoms with Gasteiger partial charge in [-0.05, 0) is 17.5 Å². The maximum Gasteiger partial charge on any atom is 0.243 e. The number of hydrogen-bond donors (Lipinski definition) is 2. The molecule has 4 nitrogen and oxygen atoms in total. The number of sulfonamides is 1. The fraction of sp³-hybridized carbons (Fsp3) is 0.455. The number of halogens is 2. The van der Waals surface area contributed by atoms with Crippen LogP contribution in [0.1, 0.15) is 20.8 Å². The lowest BCUT2D eigenvalue weighted by Crippen LogP contribution is -2.33. The molecule has 0 aromatic heterocycles.